The molecule has 0 spiro atoms. The minimum atomic E-state index is -0.271. The summed E-state index contributed by atoms with van der Waals surface area (Å²) >= 11 is 0. The Labute approximate surface area is 150 Å². The topological polar surface area (TPSA) is 31.0 Å². The molecule has 1 heterocycles. The Bertz CT molecular complexity index is 695. The lowest BCUT2D eigenvalue weighted by molar-refractivity contribution is 0.0192. The van der Waals surface area contributed by atoms with Crippen LogP contribution in [0.1, 0.15) is 44.4 Å². The third kappa shape index (κ3) is 4.05. The van der Waals surface area contributed by atoms with Gasteiger partial charge in [-0.1, -0.05) is 50.2 Å². The molecule has 3 heteroatoms. The molecule has 1 fully saturated rings. The number of ether oxygens (including phenoxy) is 3. The van der Waals surface area contributed by atoms with Crippen LogP contribution in [0.15, 0.2) is 48.5 Å². The van der Waals surface area contributed by atoms with E-state index in [2.05, 4.69) is 64.1 Å². The lowest BCUT2D eigenvalue weighted by Gasteiger charge is -2.28. The molecule has 3 nitrogen and oxygen atoms in total. The van der Waals surface area contributed by atoms with Crippen LogP contribution in [0.2, 0.25) is 0 Å². The van der Waals surface area contributed by atoms with Crippen molar-refractivity contribution in [1.29, 1.82) is 0 Å². The van der Waals surface area contributed by atoms with Gasteiger partial charge in [-0.25, -0.2) is 0 Å². The Morgan fingerprint density at radius 3 is 1.84 bits per heavy atom. The van der Waals surface area contributed by atoms with Crippen LogP contribution in [0.3, 0.4) is 0 Å². The number of methoxy groups -OCH3 is 1. The van der Waals surface area contributed by atoms with Crippen molar-refractivity contribution < 1.29 is 14.2 Å². The van der Waals surface area contributed by atoms with E-state index in [0.29, 0.717) is 6.61 Å². The van der Waals surface area contributed by atoms with E-state index in [-0.39, 0.29) is 17.1 Å². The van der Waals surface area contributed by atoms with Crippen molar-refractivity contribution in [3.8, 4) is 5.75 Å². The van der Waals surface area contributed by atoms with E-state index in [4.69, 9.17) is 14.2 Å². The molecule has 2 aromatic carbocycles. The Kier molecular flexibility index (Phi) is 4.90. The van der Waals surface area contributed by atoms with E-state index in [1.807, 2.05) is 12.1 Å². The highest BCUT2D eigenvalue weighted by molar-refractivity contribution is 5.41. The van der Waals surface area contributed by atoms with Crippen LogP contribution in [0.5, 0.6) is 5.75 Å². The first-order chi connectivity index (χ1) is 11.8. The molecule has 1 aliphatic rings. The van der Waals surface area contributed by atoms with Gasteiger partial charge >= 0.3 is 0 Å². The molecule has 0 N–H and O–H groups in total. The average Bonchev–Trinajstić information content (AvgIpc) is 3.45. The second-order valence-electron chi connectivity index (χ2n) is 7.71. The SMILES string of the molecule is COC(C)(C)c1ccc(C(C)(C)c2ccc(OCC3CO3)cc2)cc1. The van der Waals surface area contributed by atoms with Crippen LogP contribution < -0.4 is 4.74 Å². The first-order valence-corrected chi connectivity index (χ1v) is 8.84. The van der Waals surface area contributed by atoms with Gasteiger partial charge in [0.05, 0.1) is 12.2 Å². The third-order valence-corrected chi connectivity index (χ3v) is 5.23. The van der Waals surface area contributed by atoms with E-state index in [1.165, 1.54) is 16.7 Å². The van der Waals surface area contributed by atoms with Crippen molar-refractivity contribution in [2.24, 2.45) is 0 Å². The molecule has 134 valence electrons. The second kappa shape index (κ2) is 6.81. The molecule has 1 unspecified atom stereocenters. The van der Waals surface area contributed by atoms with Crippen LogP contribution in [0.25, 0.3) is 0 Å². The molecule has 0 bridgehead atoms. The minimum Gasteiger partial charge on any atom is -0.491 e. The van der Waals surface area contributed by atoms with Crippen molar-refractivity contribution in [3.63, 3.8) is 0 Å². The summed E-state index contributed by atoms with van der Waals surface area (Å²) in [5.74, 6) is 0.896. The van der Waals surface area contributed by atoms with Crippen LogP contribution in [0, 0.1) is 0 Å². The highest BCUT2D eigenvalue weighted by atomic mass is 16.6. The molecule has 0 aromatic heterocycles. The molecule has 0 amide bonds. The lowest BCUT2D eigenvalue weighted by Crippen LogP contribution is -2.21. The third-order valence-electron chi connectivity index (χ3n) is 5.23. The molecule has 1 aliphatic heterocycles. The molecule has 1 atom stereocenters. The molecule has 3 rings (SSSR count). The normalized spacial score (nSPS) is 17.4. The Hall–Kier alpha value is -1.84. The fourth-order valence-corrected chi connectivity index (χ4v) is 2.89. The van der Waals surface area contributed by atoms with Gasteiger partial charge in [-0.15, -0.1) is 0 Å². The van der Waals surface area contributed by atoms with Crippen molar-refractivity contribution in [2.45, 2.75) is 44.8 Å². The van der Waals surface area contributed by atoms with Gasteiger partial charge in [0.1, 0.15) is 18.5 Å². The van der Waals surface area contributed by atoms with E-state index in [0.717, 1.165) is 12.4 Å². The van der Waals surface area contributed by atoms with Crippen LogP contribution in [-0.2, 0) is 20.5 Å². The van der Waals surface area contributed by atoms with Gasteiger partial charge in [0, 0.05) is 12.5 Å². The molecule has 0 saturated carbocycles. The fraction of sp³-hybridized carbons (Fsp3) is 0.455. The molecular formula is C22H28O3. The van der Waals surface area contributed by atoms with Gasteiger partial charge in [-0.2, -0.15) is 0 Å². The number of epoxide rings is 1. The smallest absolute Gasteiger partial charge is 0.119 e. The van der Waals surface area contributed by atoms with Crippen molar-refractivity contribution in [2.75, 3.05) is 20.3 Å². The summed E-state index contributed by atoms with van der Waals surface area (Å²) in [4.78, 5) is 0. The zero-order valence-corrected chi connectivity index (χ0v) is 15.8. The van der Waals surface area contributed by atoms with Crippen molar-refractivity contribution >= 4 is 0 Å². The van der Waals surface area contributed by atoms with Crippen molar-refractivity contribution in [3.05, 3.63) is 65.2 Å². The summed E-state index contributed by atoms with van der Waals surface area (Å²) in [6.07, 6.45) is 0.283. The Morgan fingerprint density at radius 1 is 0.880 bits per heavy atom. The molecule has 0 radical (unpaired) electrons. The van der Waals surface area contributed by atoms with Gasteiger partial charge in [0.25, 0.3) is 0 Å². The first kappa shape index (κ1) is 18.0. The lowest BCUT2D eigenvalue weighted by atomic mass is 9.77. The monoisotopic (exact) mass is 340 g/mol. The average molecular weight is 340 g/mol. The van der Waals surface area contributed by atoms with E-state index in [9.17, 15) is 0 Å². The van der Waals surface area contributed by atoms with Gasteiger partial charge in [-0.05, 0) is 42.7 Å². The predicted octanol–water partition coefficient (Wildman–Crippen LogP) is 4.67. The maximum absolute atomic E-state index is 5.73. The maximum Gasteiger partial charge on any atom is 0.119 e. The molecule has 25 heavy (non-hydrogen) atoms. The second-order valence-corrected chi connectivity index (χ2v) is 7.71. The Morgan fingerprint density at radius 2 is 1.36 bits per heavy atom. The van der Waals surface area contributed by atoms with E-state index < -0.39 is 0 Å². The summed E-state index contributed by atoms with van der Waals surface area (Å²) in [7, 11) is 1.75. The standard InChI is InChI=1S/C22H28O3/c1-21(2,16-6-8-18(9-7-16)22(3,4)23-5)17-10-12-19(13-11-17)24-14-20-15-25-20/h6-13,20H,14-15H2,1-5H3. The molecular weight excluding hydrogens is 312 g/mol. The van der Waals surface area contributed by atoms with Crippen molar-refractivity contribution in [1.82, 2.24) is 0 Å². The van der Waals surface area contributed by atoms with E-state index >= 15 is 0 Å². The van der Waals surface area contributed by atoms with Crippen LogP contribution >= 0.6 is 0 Å². The first-order valence-electron chi connectivity index (χ1n) is 8.84. The highest BCUT2D eigenvalue weighted by Gasteiger charge is 2.26. The number of hydrogen-bond donors (Lipinski definition) is 0. The molecule has 1 saturated heterocycles. The summed E-state index contributed by atoms with van der Waals surface area (Å²) in [5, 5.41) is 0. The summed E-state index contributed by atoms with van der Waals surface area (Å²) in [5.41, 5.74) is 3.38. The van der Waals surface area contributed by atoms with E-state index in [1.54, 1.807) is 7.11 Å². The Balaban J connectivity index is 1.75. The van der Waals surface area contributed by atoms with Crippen LogP contribution in [0.4, 0.5) is 0 Å². The number of rotatable bonds is 7. The molecule has 2 aromatic rings. The predicted molar refractivity (Wildman–Crippen MR) is 100 cm³/mol. The zero-order valence-electron chi connectivity index (χ0n) is 15.8. The maximum atomic E-state index is 5.73. The largest absolute Gasteiger partial charge is 0.491 e. The van der Waals surface area contributed by atoms with Gasteiger partial charge in [0.15, 0.2) is 0 Å². The van der Waals surface area contributed by atoms with Gasteiger partial charge in [0.2, 0.25) is 0 Å². The summed E-state index contributed by atoms with van der Waals surface area (Å²) in [6.45, 7) is 10.1. The quantitative estimate of drug-likeness (QED) is 0.686. The number of benzene rings is 2. The summed E-state index contributed by atoms with van der Waals surface area (Å²) in [6, 6.07) is 17.1. The van der Waals surface area contributed by atoms with Crippen LogP contribution in [-0.4, -0.2) is 26.4 Å². The molecule has 0 aliphatic carbocycles. The fourth-order valence-electron chi connectivity index (χ4n) is 2.89. The number of hydrogen-bond acceptors (Lipinski definition) is 3. The van der Waals surface area contributed by atoms with Gasteiger partial charge in [-0.3, -0.25) is 0 Å². The summed E-state index contributed by atoms with van der Waals surface area (Å²) < 4.78 is 16.5. The highest BCUT2D eigenvalue weighted by Crippen LogP contribution is 2.34. The minimum absolute atomic E-state index is 0.0755. The van der Waals surface area contributed by atoms with Gasteiger partial charge < -0.3 is 14.2 Å². The zero-order chi connectivity index (χ0) is 18.1.